The zero-order chi connectivity index (χ0) is 22.6. The van der Waals surface area contributed by atoms with Crippen molar-refractivity contribution < 1.29 is 22.6 Å². The van der Waals surface area contributed by atoms with E-state index in [0.29, 0.717) is 17.5 Å². The maximum absolute atomic E-state index is 13.8. The third-order valence-electron chi connectivity index (χ3n) is 6.83. The number of aryl methyl sites for hydroxylation is 1. The molecule has 3 unspecified atom stereocenters. The Kier molecular flexibility index (Phi) is 5.15. The van der Waals surface area contributed by atoms with Gasteiger partial charge in [0.15, 0.2) is 0 Å². The molecule has 172 valence electrons. The van der Waals surface area contributed by atoms with E-state index < -0.39 is 17.8 Å². The molecule has 2 bridgehead atoms. The molecule has 3 atom stereocenters. The van der Waals surface area contributed by atoms with Gasteiger partial charge in [-0.05, 0) is 49.7 Å². The van der Waals surface area contributed by atoms with Gasteiger partial charge in [0.2, 0.25) is 0 Å². The second kappa shape index (κ2) is 7.75. The number of aromatic nitrogens is 3. The van der Waals surface area contributed by atoms with E-state index in [0.717, 1.165) is 24.5 Å². The van der Waals surface area contributed by atoms with Gasteiger partial charge in [-0.1, -0.05) is 0 Å². The van der Waals surface area contributed by atoms with E-state index in [1.807, 2.05) is 0 Å². The van der Waals surface area contributed by atoms with Gasteiger partial charge in [0.1, 0.15) is 11.6 Å². The zero-order valence-corrected chi connectivity index (χ0v) is 18.1. The Bertz CT molecular complexity index is 1030. The van der Waals surface area contributed by atoms with Crippen LogP contribution in [0.4, 0.5) is 24.8 Å². The lowest BCUT2D eigenvalue weighted by Crippen LogP contribution is -2.38. The maximum Gasteiger partial charge on any atom is 0.418 e. The molecule has 0 spiro atoms. The topological polar surface area (TPSA) is 86.4 Å². The first kappa shape index (κ1) is 21.2. The summed E-state index contributed by atoms with van der Waals surface area (Å²) in [4.78, 5) is 15.2. The van der Waals surface area contributed by atoms with Crippen LogP contribution in [0.5, 0.6) is 6.01 Å². The lowest BCUT2D eigenvalue weighted by molar-refractivity contribution is -0.140. The van der Waals surface area contributed by atoms with Crippen molar-refractivity contribution in [3.8, 4) is 6.01 Å². The molecule has 5 rings (SSSR count). The van der Waals surface area contributed by atoms with Gasteiger partial charge >= 0.3 is 12.2 Å². The lowest BCUT2D eigenvalue weighted by Gasteiger charge is -2.36. The van der Waals surface area contributed by atoms with E-state index in [4.69, 9.17) is 15.2 Å². The van der Waals surface area contributed by atoms with Crippen molar-refractivity contribution in [1.29, 1.82) is 0 Å². The van der Waals surface area contributed by atoms with Crippen molar-refractivity contribution in [2.45, 2.75) is 51.5 Å². The highest BCUT2D eigenvalue weighted by Crippen LogP contribution is 2.43. The number of hydrogen-bond donors (Lipinski definition) is 1. The summed E-state index contributed by atoms with van der Waals surface area (Å²) in [5, 5.41) is 0. The quantitative estimate of drug-likeness (QED) is 0.762. The summed E-state index contributed by atoms with van der Waals surface area (Å²) in [6.45, 7) is 3.28. The predicted octanol–water partition coefficient (Wildman–Crippen LogP) is 3.84. The van der Waals surface area contributed by atoms with Gasteiger partial charge in [-0.2, -0.15) is 23.1 Å². The zero-order valence-electron chi connectivity index (χ0n) is 18.1. The van der Waals surface area contributed by atoms with Gasteiger partial charge in [-0.25, -0.2) is 4.98 Å². The van der Waals surface area contributed by atoms with Gasteiger partial charge in [0, 0.05) is 25.1 Å². The number of piperidine rings is 1. The van der Waals surface area contributed by atoms with Crippen LogP contribution in [-0.4, -0.2) is 35.2 Å². The van der Waals surface area contributed by atoms with Crippen molar-refractivity contribution in [2.75, 3.05) is 30.8 Å². The molecule has 2 fully saturated rings. The van der Waals surface area contributed by atoms with E-state index in [2.05, 4.69) is 19.9 Å². The Labute approximate surface area is 184 Å². The summed E-state index contributed by atoms with van der Waals surface area (Å²) in [7, 11) is 1.50. The number of nitrogen functional groups attached to an aromatic ring is 1. The molecule has 0 amide bonds. The molecule has 3 aliphatic rings. The van der Waals surface area contributed by atoms with Crippen molar-refractivity contribution in [1.82, 2.24) is 15.0 Å². The first-order chi connectivity index (χ1) is 15.2. The molecule has 2 aromatic heterocycles. The third kappa shape index (κ3) is 3.74. The van der Waals surface area contributed by atoms with Crippen LogP contribution in [0.1, 0.15) is 53.4 Å². The number of rotatable bonds is 3. The number of nitrogens with zero attached hydrogens (tertiary/aromatic N) is 4. The summed E-state index contributed by atoms with van der Waals surface area (Å²) < 4.78 is 52.7. The van der Waals surface area contributed by atoms with Crippen LogP contribution in [0.2, 0.25) is 0 Å². The molecule has 32 heavy (non-hydrogen) atoms. The summed E-state index contributed by atoms with van der Waals surface area (Å²) in [5.74, 6) is 2.12. The minimum Gasteiger partial charge on any atom is -0.467 e. The Morgan fingerprint density at radius 2 is 1.88 bits per heavy atom. The standard InChI is InChI=1S/C22H26F3N5O2/c1-11-19(22(23,24)25)14(6-18(26)27-11)17-7-16-15(10-32-17)20(29-21(28-16)31-2)30-8-12-3-4-13(5-12)9-30/h6,12-13,17H,3-5,7-10H2,1-2H3,(H2,26,27). The van der Waals surface area contributed by atoms with Crippen molar-refractivity contribution in [3.63, 3.8) is 0 Å². The smallest absolute Gasteiger partial charge is 0.418 e. The molecule has 1 saturated carbocycles. The molecule has 2 N–H and O–H groups in total. The fourth-order valence-electron chi connectivity index (χ4n) is 5.51. The average molecular weight is 449 g/mol. The highest BCUT2D eigenvalue weighted by atomic mass is 19.4. The largest absolute Gasteiger partial charge is 0.467 e. The van der Waals surface area contributed by atoms with Crippen molar-refractivity contribution >= 4 is 11.6 Å². The molecule has 0 radical (unpaired) electrons. The summed E-state index contributed by atoms with van der Waals surface area (Å²) >= 11 is 0. The maximum atomic E-state index is 13.8. The Morgan fingerprint density at radius 3 is 2.53 bits per heavy atom. The molecular formula is C22H26F3N5O2. The van der Waals surface area contributed by atoms with Gasteiger partial charge < -0.3 is 20.1 Å². The van der Waals surface area contributed by atoms with Crippen LogP contribution in [-0.2, 0) is 23.9 Å². The van der Waals surface area contributed by atoms with Gasteiger partial charge in [0.25, 0.3) is 0 Å². The first-order valence-corrected chi connectivity index (χ1v) is 10.9. The highest BCUT2D eigenvalue weighted by Gasteiger charge is 2.41. The SMILES string of the molecule is COc1nc2c(c(N3CC4CCC(C4)C3)n1)COC(c1cc(N)nc(C)c1C(F)(F)F)C2. The number of ether oxygens (including phenoxy) is 2. The molecular weight excluding hydrogens is 423 g/mol. The van der Waals surface area contributed by atoms with Crippen molar-refractivity contribution in [2.24, 2.45) is 11.8 Å². The summed E-state index contributed by atoms with van der Waals surface area (Å²) in [5.41, 5.74) is 6.30. The van der Waals surface area contributed by atoms with Crippen LogP contribution in [0.25, 0.3) is 0 Å². The van der Waals surface area contributed by atoms with E-state index in [9.17, 15) is 13.2 Å². The van der Waals surface area contributed by atoms with Crippen LogP contribution >= 0.6 is 0 Å². The normalized spacial score (nSPS) is 25.0. The predicted molar refractivity (Wildman–Crippen MR) is 111 cm³/mol. The fourth-order valence-corrected chi connectivity index (χ4v) is 5.51. The molecule has 1 aliphatic carbocycles. The number of anilines is 2. The van der Waals surface area contributed by atoms with E-state index in [1.54, 1.807) is 0 Å². The van der Waals surface area contributed by atoms with Crippen molar-refractivity contribution in [3.05, 3.63) is 34.1 Å². The number of hydrogen-bond acceptors (Lipinski definition) is 7. The number of methoxy groups -OCH3 is 1. The second-order valence-electron chi connectivity index (χ2n) is 9.01. The van der Waals surface area contributed by atoms with E-state index >= 15 is 0 Å². The minimum absolute atomic E-state index is 0.0108. The van der Waals surface area contributed by atoms with E-state index in [1.165, 1.54) is 39.4 Å². The molecule has 2 aromatic rings. The summed E-state index contributed by atoms with van der Waals surface area (Å²) in [6, 6.07) is 1.48. The molecule has 7 nitrogen and oxygen atoms in total. The van der Waals surface area contributed by atoms with Crippen LogP contribution in [0.15, 0.2) is 6.07 Å². The number of fused-ring (bicyclic) bond motifs is 3. The third-order valence-corrected chi connectivity index (χ3v) is 6.83. The van der Waals surface area contributed by atoms with E-state index in [-0.39, 0.29) is 36.1 Å². The van der Waals surface area contributed by atoms with Crippen LogP contribution < -0.4 is 15.4 Å². The molecule has 1 saturated heterocycles. The molecule has 10 heteroatoms. The van der Waals surface area contributed by atoms with Gasteiger partial charge in [-0.15, -0.1) is 0 Å². The monoisotopic (exact) mass is 449 g/mol. The highest BCUT2D eigenvalue weighted by molar-refractivity contribution is 5.52. The molecule has 4 heterocycles. The second-order valence-corrected chi connectivity index (χ2v) is 9.01. The first-order valence-electron chi connectivity index (χ1n) is 10.9. The summed E-state index contributed by atoms with van der Waals surface area (Å²) in [6.07, 6.45) is -1.52. The number of pyridine rings is 1. The molecule has 0 aromatic carbocycles. The lowest BCUT2D eigenvalue weighted by atomic mass is 9.94. The Balaban J connectivity index is 1.52. The number of halogens is 3. The van der Waals surface area contributed by atoms with Crippen LogP contribution in [0.3, 0.4) is 0 Å². The minimum atomic E-state index is -4.56. The Hall–Kier alpha value is -2.62. The fraction of sp³-hybridized carbons (Fsp3) is 0.591. The van der Waals surface area contributed by atoms with Crippen LogP contribution in [0, 0.1) is 18.8 Å². The average Bonchev–Trinajstić information content (AvgIpc) is 3.08. The number of alkyl halides is 3. The van der Waals surface area contributed by atoms with Gasteiger partial charge in [0.05, 0.1) is 36.8 Å². The van der Waals surface area contributed by atoms with Gasteiger partial charge in [-0.3, -0.25) is 0 Å². The number of nitrogens with two attached hydrogens (primary N) is 1. The Morgan fingerprint density at radius 1 is 1.16 bits per heavy atom. The molecule has 2 aliphatic heterocycles.